The van der Waals surface area contributed by atoms with Crippen molar-refractivity contribution < 1.29 is 0 Å². The van der Waals surface area contributed by atoms with Gasteiger partial charge in [0, 0.05) is 31.4 Å². The molecule has 3 nitrogen and oxygen atoms in total. The van der Waals surface area contributed by atoms with Gasteiger partial charge in [-0.1, -0.05) is 30.3 Å². The lowest BCUT2D eigenvalue weighted by Crippen LogP contribution is -2.35. The summed E-state index contributed by atoms with van der Waals surface area (Å²) >= 11 is 0. The normalized spacial score (nSPS) is 17.7. The molecule has 1 N–H and O–H groups in total. The van der Waals surface area contributed by atoms with Crippen molar-refractivity contribution in [3.05, 3.63) is 65.2 Å². The second kappa shape index (κ2) is 5.99. The molecule has 1 atom stereocenters. The van der Waals surface area contributed by atoms with Crippen LogP contribution in [-0.2, 0) is 13.1 Å². The molecule has 0 bridgehead atoms. The molecule has 21 heavy (non-hydrogen) atoms. The molecule has 0 spiro atoms. The van der Waals surface area contributed by atoms with E-state index in [1.807, 2.05) is 24.3 Å². The van der Waals surface area contributed by atoms with Crippen molar-refractivity contribution in [3.8, 4) is 6.07 Å². The predicted octanol–water partition coefficient (Wildman–Crippen LogP) is 3.06. The first-order valence-corrected chi connectivity index (χ1v) is 7.31. The van der Waals surface area contributed by atoms with E-state index in [4.69, 9.17) is 5.26 Å². The number of benzene rings is 2. The van der Waals surface area contributed by atoms with E-state index in [9.17, 15) is 0 Å². The molecule has 2 aromatic carbocycles. The lowest BCUT2D eigenvalue weighted by atomic mass is 10.1. The van der Waals surface area contributed by atoms with E-state index < -0.39 is 0 Å². The van der Waals surface area contributed by atoms with Gasteiger partial charge in [-0.3, -0.25) is 0 Å². The van der Waals surface area contributed by atoms with Gasteiger partial charge >= 0.3 is 0 Å². The molecule has 1 aliphatic rings. The predicted molar refractivity (Wildman–Crippen MR) is 85.0 cm³/mol. The number of para-hydroxylation sites is 1. The van der Waals surface area contributed by atoms with Crippen molar-refractivity contribution in [2.45, 2.75) is 26.1 Å². The summed E-state index contributed by atoms with van der Waals surface area (Å²) in [6.45, 7) is 4.99. The minimum atomic E-state index is 0.454. The molecule has 1 aliphatic heterocycles. The van der Waals surface area contributed by atoms with Crippen LogP contribution in [0.5, 0.6) is 0 Å². The van der Waals surface area contributed by atoms with E-state index in [1.54, 1.807) is 0 Å². The van der Waals surface area contributed by atoms with Gasteiger partial charge in [0.15, 0.2) is 0 Å². The van der Waals surface area contributed by atoms with Crippen LogP contribution in [0.2, 0.25) is 0 Å². The van der Waals surface area contributed by atoms with Crippen molar-refractivity contribution in [2.24, 2.45) is 0 Å². The molecule has 1 unspecified atom stereocenters. The Morgan fingerprint density at radius 1 is 1.19 bits per heavy atom. The molecule has 0 fully saturated rings. The largest absolute Gasteiger partial charge is 0.365 e. The highest BCUT2D eigenvalue weighted by Crippen LogP contribution is 2.25. The smallest absolute Gasteiger partial charge is 0.0991 e. The van der Waals surface area contributed by atoms with Crippen LogP contribution in [0.15, 0.2) is 48.5 Å². The first-order valence-electron chi connectivity index (χ1n) is 7.31. The minimum Gasteiger partial charge on any atom is -0.365 e. The number of rotatable bonds is 2. The van der Waals surface area contributed by atoms with Crippen molar-refractivity contribution in [3.63, 3.8) is 0 Å². The molecule has 3 heteroatoms. The number of anilines is 1. The molecule has 106 valence electrons. The Labute approximate surface area is 125 Å². The molecule has 0 aliphatic carbocycles. The number of nitrogens with zero attached hydrogens (tertiary/aromatic N) is 2. The number of hydrogen-bond acceptors (Lipinski definition) is 3. The summed E-state index contributed by atoms with van der Waals surface area (Å²) < 4.78 is 0. The number of nitriles is 1. The molecule has 2 aromatic rings. The van der Waals surface area contributed by atoms with Crippen LogP contribution in [-0.4, -0.2) is 12.6 Å². The lowest BCUT2D eigenvalue weighted by Gasteiger charge is -2.26. The molecule has 0 saturated heterocycles. The van der Waals surface area contributed by atoms with Gasteiger partial charge in [-0.15, -0.1) is 0 Å². The number of hydrogen-bond donors (Lipinski definition) is 1. The van der Waals surface area contributed by atoms with E-state index in [0.717, 1.165) is 19.6 Å². The first kappa shape index (κ1) is 13.7. The Hall–Kier alpha value is -2.31. The fourth-order valence-electron chi connectivity index (χ4n) is 2.80. The van der Waals surface area contributed by atoms with Gasteiger partial charge in [-0.05, 0) is 36.2 Å². The van der Waals surface area contributed by atoms with E-state index in [0.29, 0.717) is 11.6 Å². The Morgan fingerprint density at radius 2 is 1.95 bits per heavy atom. The van der Waals surface area contributed by atoms with Gasteiger partial charge in [-0.2, -0.15) is 5.26 Å². The molecule has 0 aromatic heterocycles. The van der Waals surface area contributed by atoms with E-state index in [-0.39, 0.29) is 0 Å². The van der Waals surface area contributed by atoms with Crippen LogP contribution in [0.1, 0.15) is 23.6 Å². The standard InChI is InChI=1S/C18H19N3/c1-14-12-21(13-16-8-6-15(10-19)7-9-16)18-5-3-2-4-17(18)11-20-14/h2-9,14,20H,11-13H2,1H3. The second-order valence-electron chi connectivity index (χ2n) is 5.60. The van der Waals surface area contributed by atoms with Crippen LogP contribution in [0.4, 0.5) is 5.69 Å². The third kappa shape index (κ3) is 3.07. The summed E-state index contributed by atoms with van der Waals surface area (Å²) in [6, 6.07) is 19.1. The minimum absolute atomic E-state index is 0.454. The molecular weight excluding hydrogens is 258 g/mol. The maximum atomic E-state index is 8.88. The average molecular weight is 277 g/mol. The highest BCUT2D eigenvalue weighted by atomic mass is 15.2. The van der Waals surface area contributed by atoms with Gasteiger partial charge in [0.05, 0.1) is 11.6 Å². The molecule has 0 saturated carbocycles. The van der Waals surface area contributed by atoms with Gasteiger partial charge < -0.3 is 10.2 Å². The van der Waals surface area contributed by atoms with Gasteiger partial charge in [-0.25, -0.2) is 0 Å². The lowest BCUT2D eigenvalue weighted by molar-refractivity contribution is 0.552. The average Bonchev–Trinajstić information content (AvgIpc) is 2.68. The van der Waals surface area contributed by atoms with Crippen molar-refractivity contribution in [1.29, 1.82) is 5.26 Å². The first-order chi connectivity index (χ1) is 10.3. The second-order valence-corrected chi connectivity index (χ2v) is 5.60. The molecule has 0 radical (unpaired) electrons. The van der Waals surface area contributed by atoms with E-state index in [2.05, 4.69) is 47.5 Å². The fourth-order valence-corrected chi connectivity index (χ4v) is 2.80. The van der Waals surface area contributed by atoms with Crippen molar-refractivity contribution in [2.75, 3.05) is 11.4 Å². The van der Waals surface area contributed by atoms with Crippen LogP contribution < -0.4 is 10.2 Å². The summed E-state index contributed by atoms with van der Waals surface area (Å²) in [6.07, 6.45) is 0. The Kier molecular flexibility index (Phi) is 3.89. The SMILES string of the molecule is CC1CN(Cc2ccc(C#N)cc2)c2ccccc2CN1. The summed E-state index contributed by atoms with van der Waals surface area (Å²) in [5.74, 6) is 0. The quantitative estimate of drug-likeness (QED) is 0.917. The monoisotopic (exact) mass is 277 g/mol. The summed E-state index contributed by atoms with van der Waals surface area (Å²) in [7, 11) is 0. The van der Waals surface area contributed by atoms with Crippen LogP contribution in [0, 0.1) is 11.3 Å². The maximum Gasteiger partial charge on any atom is 0.0991 e. The topological polar surface area (TPSA) is 39.1 Å². The highest BCUT2D eigenvalue weighted by Gasteiger charge is 2.18. The third-order valence-corrected chi connectivity index (χ3v) is 3.92. The zero-order chi connectivity index (χ0) is 14.7. The zero-order valence-corrected chi connectivity index (χ0v) is 12.2. The Morgan fingerprint density at radius 3 is 2.71 bits per heavy atom. The van der Waals surface area contributed by atoms with E-state index >= 15 is 0 Å². The molecule has 3 rings (SSSR count). The van der Waals surface area contributed by atoms with Gasteiger partial charge in [0.1, 0.15) is 0 Å². The number of nitrogens with one attached hydrogen (secondary N) is 1. The third-order valence-electron chi connectivity index (χ3n) is 3.92. The van der Waals surface area contributed by atoms with Crippen molar-refractivity contribution in [1.82, 2.24) is 5.32 Å². The fraction of sp³-hybridized carbons (Fsp3) is 0.278. The van der Waals surface area contributed by atoms with Crippen LogP contribution >= 0.6 is 0 Å². The maximum absolute atomic E-state index is 8.88. The Bertz CT molecular complexity index is 655. The molecule has 1 heterocycles. The highest BCUT2D eigenvalue weighted by molar-refractivity contribution is 5.55. The Balaban J connectivity index is 1.87. The van der Waals surface area contributed by atoms with Gasteiger partial charge in [0.2, 0.25) is 0 Å². The summed E-state index contributed by atoms with van der Waals surface area (Å²) in [4.78, 5) is 2.42. The molecule has 0 amide bonds. The van der Waals surface area contributed by atoms with Crippen molar-refractivity contribution >= 4 is 5.69 Å². The summed E-state index contributed by atoms with van der Waals surface area (Å²) in [5, 5.41) is 12.4. The number of fused-ring (bicyclic) bond motifs is 1. The van der Waals surface area contributed by atoms with Crippen LogP contribution in [0.3, 0.4) is 0 Å². The van der Waals surface area contributed by atoms with Gasteiger partial charge in [0.25, 0.3) is 0 Å². The molecular formula is C18H19N3. The zero-order valence-electron chi connectivity index (χ0n) is 12.2. The van der Waals surface area contributed by atoms with Crippen LogP contribution in [0.25, 0.3) is 0 Å². The van der Waals surface area contributed by atoms with E-state index in [1.165, 1.54) is 16.8 Å². The summed E-state index contributed by atoms with van der Waals surface area (Å²) in [5.41, 5.74) is 4.59.